The van der Waals surface area contributed by atoms with Crippen LogP contribution in [0.3, 0.4) is 0 Å². The molecule has 0 fully saturated rings. The van der Waals surface area contributed by atoms with Crippen molar-refractivity contribution in [3.8, 4) is 6.07 Å². The molecule has 23 heavy (non-hydrogen) atoms. The number of hydrogen-bond donors (Lipinski definition) is 0. The van der Waals surface area contributed by atoms with Crippen molar-refractivity contribution in [2.45, 2.75) is 24.3 Å². The van der Waals surface area contributed by atoms with Crippen molar-refractivity contribution in [1.82, 2.24) is 9.88 Å². The zero-order valence-corrected chi connectivity index (χ0v) is 13.7. The van der Waals surface area contributed by atoms with Gasteiger partial charge in [-0.05, 0) is 23.8 Å². The quantitative estimate of drug-likeness (QED) is 0.697. The van der Waals surface area contributed by atoms with Crippen molar-refractivity contribution < 1.29 is 4.79 Å². The van der Waals surface area contributed by atoms with E-state index < -0.39 is 0 Å². The van der Waals surface area contributed by atoms with Crippen LogP contribution in [0.5, 0.6) is 0 Å². The Morgan fingerprint density at radius 1 is 1.22 bits per heavy atom. The number of carbonyl (C=O) groups is 1. The van der Waals surface area contributed by atoms with E-state index in [4.69, 9.17) is 5.26 Å². The highest BCUT2D eigenvalue weighted by molar-refractivity contribution is 7.99. The first-order chi connectivity index (χ1) is 11.3. The zero-order chi connectivity index (χ0) is 16.3. The summed E-state index contributed by atoms with van der Waals surface area (Å²) in [6, 6.07) is 15.9. The average molecular weight is 325 g/mol. The third-order valence-electron chi connectivity index (χ3n) is 3.27. The van der Waals surface area contributed by atoms with Crippen molar-refractivity contribution in [2.75, 3.05) is 12.3 Å². The minimum Gasteiger partial charge on any atom is -0.337 e. The second kappa shape index (κ2) is 9.65. The minimum absolute atomic E-state index is 0.0764. The number of benzene rings is 1. The third kappa shape index (κ3) is 6.13. The molecule has 0 atom stereocenters. The molecule has 4 nitrogen and oxygen atoms in total. The number of carbonyl (C=O) groups excluding carboxylic acids is 1. The average Bonchev–Trinajstić information content (AvgIpc) is 2.60. The Labute approximate surface area is 141 Å². The summed E-state index contributed by atoms with van der Waals surface area (Å²) in [5, 5.41) is 8.78. The van der Waals surface area contributed by atoms with Gasteiger partial charge in [-0.25, -0.2) is 0 Å². The Balaban J connectivity index is 1.87. The van der Waals surface area contributed by atoms with Crippen LogP contribution in [0.15, 0.2) is 59.8 Å². The molecule has 118 valence electrons. The summed E-state index contributed by atoms with van der Waals surface area (Å²) in [5.74, 6) is 0.811. The summed E-state index contributed by atoms with van der Waals surface area (Å²) in [6.07, 6.45) is 4.27. The van der Waals surface area contributed by atoms with E-state index in [1.165, 1.54) is 0 Å². The number of hydrogen-bond acceptors (Lipinski definition) is 4. The van der Waals surface area contributed by atoms with E-state index >= 15 is 0 Å². The summed E-state index contributed by atoms with van der Waals surface area (Å²) in [7, 11) is 0. The van der Waals surface area contributed by atoms with Gasteiger partial charge in [0.25, 0.3) is 0 Å². The van der Waals surface area contributed by atoms with Crippen LogP contribution in [0.25, 0.3) is 0 Å². The van der Waals surface area contributed by atoms with E-state index in [9.17, 15) is 4.79 Å². The summed E-state index contributed by atoms with van der Waals surface area (Å²) in [6.45, 7) is 0.963. The van der Waals surface area contributed by atoms with Crippen molar-refractivity contribution in [3.05, 3.63) is 60.4 Å². The molecule has 0 N–H and O–H groups in total. The van der Waals surface area contributed by atoms with Gasteiger partial charge in [-0.3, -0.25) is 9.78 Å². The Morgan fingerprint density at radius 2 is 2.04 bits per heavy atom. The van der Waals surface area contributed by atoms with Gasteiger partial charge in [-0.15, -0.1) is 11.8 Å². The van der Waals surface area contributed by atoms with Crippen molar-refractivity contribution in [2.24, 2.45) is 0 Å². The topological polar surface area (TPSA) is 57.0 Å². The first-order valence-electron chi connectivity index (χ1n) is 7.51. The molecule has 0 aliphatic rings. The van der Waals surface area contributed by atoms with Gasteiger partial charge in [0, 0.05) is 42.6 Å². The van der Waals surface area contributed by atoms with Crippen LogP contribution in [-0.4, -0.2) is 28.1 Å². The lowest BCUT2D eigenvalue weighted by molar-refractivity contribution is -0.131. The SMILES string of the molecule is N#CCCN(Cc1cccnc1)C(=O)CCSc1ccccc1. The number of amides is 1. The van der Waals surface area contributed by atoms with Gasteiger partial charge in [0.05, 0.1) is 12.5 Å². The van der Waals surface area contributed by atoms with Gasteiger partial charge in [0.15, 0.2) is 0 Å². The summed E-state index contributed by atoms with van der Waals surface area (Å²) in [5.41, 5.74) is 0.981. The minimum atomic E-state index is 0.0764. The van der Waals surface area contributed by atoms with Crippen molar-refractivity contribution in [3.63, 3.8) is 0 Å². The van der Waals surface area contributed by atoms with E-state index in [1.807, 2.05) is 42.5 Å². The molecule has 0 saturated carbocycles. The Bertz CT molecular complexity index is 640. The van der Waals surface area contributed by atoms with Gasteiger partial charge >= 0.3 is 0 Å². The molecule has 0 bridgehead atoms. The molecule has 2 rings (SSSR count). The van der Waals surface area contributed by atoms with Crippen molar-refractivity contribution in [1.29, 1.82) is 5.26 Å². The van der Waals surface area contributed by atoms with Crippen LogP contribution < -0.4 is 0 Å². The number of thioether (sulfide) groups is 1. The van der Waals surface area contributed by atoms with Crippen LogP contribution >= 0.6 is 11.8 Å². The molecule has 0 saturated heterocycles. The number of pyridine rings is 1. The normalized spacial score (nSPS) is 10.0. The van der Waals surface area contributed by atoms with Gasteiger partial charge in [0.2, 0.25) is 5.91 Å². The molecule has 0 aliphatic carbocycles. The van der Waals surface area contributed by atoms with E-state index in [2.05, 4.69) is 11.1 Å². The highest BCUT2D eigenvalue weighted by Crippen LogP contribution is 2.18. The van der Waals surface area contributed by atoms with E-state index in [0.29, 0.717) is 25.9 Å². The van der Waals surface area contributed by atoms with Crippen LogP contribution in [0, 0.1) is 11.3 Å². The molecule has 1 aromatic carbocycles. The van der Waals surface area contributed by atoms with E-state index in [1.54, 1.807) is 29.1 Å². The van der Waals surface area contributed by atoms with Crippen LogP contribution in [0.1, 0.15) is 18.4 Å². The standard InChI is InChI=1S/C18H19N3OS/c19-10-5-12-21(15-16-6-4-11-20-14-16)18(22)9-13-23-17-7-2-1-3-8-17/h1-4,6-8,11,14H,5,9,12-13,15H2. The highest BCUT2D eigenvalue weighted by Gasteiger charge is 2.13. The van der Waals surface area contributed by atoms with Crippen LogP contribution in [0.4, 0.5) is 0 Å². The molecule has 0 radical (unpaired) electrons. The van der Waals surface area contributed by atoms with Gasteiger partial charge in [-0.2, -0.15) is 5.26 Å². The first-order valence-corrected chi connectivity index (χ1v) is 8.49. The fourth-order valence-corrected chi connectivity index (χ4v) is 2.98. The largest absolute Gasteiger partial charge is 0.337 e. The van der Waals surface area contributed by atoms with Gasteiger partial charge in [0.1, 0.15) is 0 Å². The third-order valence-corrected chi connectivity index (χ3v) is 4.28. The lowest BCUT2D eigenvalue weighted by Gasteiger charge is -2.21. The summed E-state index contributed by atoms with van der Waals surface area (Å²) < 4.78 is 0. The number of nitrogens with zero attached hydrogens (tertiary/aromatic N) is 3. The lowest BCUT2D eigenvalue weighted by atomic mass is 10.2. The number of rotatable bonds is 8. The molecule has 0 spiro atoms. The molecule has 2 aromatic rings. The van der Waals surface area contributed by atoms with Gasteiger partial charge < -0.3 is 4.90 Å². The lowest BCUT2D eigenvalue weighted by Crippen LogP contribution is -2.31. The molecule has 1 aromatic heterocycles. The predicted molar refractivity (Wildman–Crippen MR) is 91.7 cm³/mol. The Kier molecular flexibility index (Phi) is 7.15. The van der Waals surface area contributed by atoms with Gasteiger partial charge in [-0.1, -0.05) is 24.3 Å². The molecule has 0 aliphatic heterocycles. The molecule has 5 heteroatoms. The fraction of sp³-hybridized carbons (Fsp3) is 0.278. The Morgan fingerprint density at radius 3 is 2.74 bits per heavy atom. The second-order valence-electron chi connectivity index (χ2n) is 5.00. The fourth-order valence-electron chi connectivity index (χ4n) is 2.12. The molecular formula is C18H19N3OS. The summed E-state index contributed by atoms with van der Waals surface area (Å²) in [4.78, 5) is 19.4. The zero-order valence-electron chi connectivity index (χ0n) is 12.9. The van der Waals surface area contributed by atoms with E-state index in [-0.39, 0.29) is 5.91 Å². The molecule has 1 amide bonds. The molecule has 0 unspecified atom stereocenters. The molecular weight excluding hydrogens is 306 g/mol. The number of nitriles is 1. The second-order valence-corrected chi connectivity index (χ2v) is 6.16. The van der Waals surface area contributed by atoms with Crippen molar-refractivity contribution >= 4 is 17.7 Å². The maximum atomic E-state index is 12.4. The Hall–Kier alpha value is -2.32. The van der Waals surface area contributed by atoms with Crippen LogP contribution in [0.2, 0.25) is 0 Å². The predicted octanol–water partition coefficient (Wildman–Crippen LogP) is 3.51. The maximum Gasteiger partial charge on any atom is 0.223 e. The number of aromatic nitrogens is 1. The van der Waals surface area contributed by atoms with E-state index in [0.717, 1.165) is 16.2 Å². The maximum absolute atomic E-state index is 12.4. The highest BCUT2D eigenvalue weighted by atomic mass is 32.2. The van der Waals surface area contributed by atoms with Crippen LogP contribution in [-0.2, 0) is 11.3 Å². The molecule has 1 heterocycles. The summed E-state index contributed by atoms with van der Waals surface area (Å²) >= 11 is 1.67. The smallest absolute Gasteiger partial charge is 0.223 e. The monoisotopic (exact) mass is 325 g/mol. The first kappa shape index (κ1) is 17.0.